The number of hydrogen-bond donors (Lipinski definition) is 3. The minimum absolute atomic E-state index is 0.0226. The van der Waals surface area contributed by atoms with Gasteiger partial charge in [0.1, 0.15) is 19.5 Å². The van der Waals surface area contributed by atoms with Crippen LogP contribution in [0.4, 0.5) is 70.3 Å². The van der Waals surface area contributed by atoms with E-state index in [9.17, 15) is 116 Å². The summed E-state index contributed by atoms with van der Waals surface area (Å²) in [5.74, 6) is -5.75. The highest BCUT2D eigenvalue weighted by Gasteiger charge is 2.42. The highest BCUT2D eigenvalue weighted by atomic mass is 35.5. The van der Waals surface area contributed by atoms with E-state index < -0.39 is 126 Å². The summed E-state index contributed by atoms with van der Waals surface area (Å²) in [6, 6.07) is 26.1. The number of fused-ring (bicyclic) bond motifs is 4. The number of aromatic carboxylic acids is 2. The van der Waals surface area contributed by atoms with Crippen LogP contribution in [0.15, 0.2) is 172 Å². The minimum atomic E-state index is -4.77. The first-order valence-electron chi connectivity index (χ1n) is 34.5. The van der Waals surface area contributed by atoms with Crippen LogP contribution in [0.2, 0.25) is 0 Å². The average Bonchev–Trinajstić information content (AvgIpc) is 1.45. The molecule has 0 saturated carbocycles. The first-order chi connectivity index (χ1) is 56.4. The maximum absolute atomic E-state index is 14.7. The van der Waals surface area contributed by atoms with Crippen molar-refractivity contribution in [2.75, 3.05) is 78.5 Å². The zero-order chi connectivity index (χ0) is 87.3. The number of carboxylic acid groups (broad SMARTS) is 2. The number of carboxylic acids is 2. The third-order valence-electron chi connectivity index (χ3n) is 18.3. The van der Waals surface area contributed by atoms with E-state index in [-0.39, 0.29) is 62.7 Å². The second-order valence-electron chi connectivity index (χ2n) is 25.9. The molecule has 4 saturated heterocycles. The van der Waals surface area contributed by atoms with Gasteiger partial charge in [-0.05, 0) is 114 Å². The molecule has 0 unspecified atom stereocenters. The lowest BCUT2D eigenvalue weighted by Gasteiger charge is -2.47. The monoisotopic (exact) mass is 1860 g/mol. The van der Waals surface area contributed by atoms with Gasteiger partial charge >= 0.3 is 36.6 Å². The molecule has 12 aromatic rings. The Kier molecular flexibility index (Phi) is 28.4. The van der Waals surface area contributed by atoms with Gasteiger partial charge in [-0.2, -0.15) is 52.7 Å². The molecule has 16 rings (SSSR count). The maximum atomic E-state index is 14.7. The fourth-order valence-corrected chi connectivity index (χ4v) is 20.2. The van der Waals surface area contributed by atoms with Gasteiger partial charge in [-0.1, -0.05) is 42.5 Å². The summed E-state index contributed by atoms with van der Waals surface area (Å²) in [7, 11) is -9.53. The highest BCUT2D eigenvalue weighted by Crippen LogP contribution is 2.42. The van der Waals surface area contributed by atoms with E-state index in [1.807, 2.05) is 10.3 Å². The second kappa shape index (κ2) is 37.4. The number of thiazole rings is 2. The van der Waals surface area contributed by atoms with Crippen molar-refractivity contribution >= 4 is 175 Å². The molecule has 120 heavy (non-hydrogen) atoms. The molecule has 0 radical (unpaired) electrons. The van der Waals surface area contributed by atoms with E-state index in [1.165, 1.54) is 76.1 Å². The van der Waals surface area contributed by atoms with Crippen LogP contribution in [0.5, 0.6) is 0 Å². The van der Waals surface area contributed by atoms with Crippen molar-refractivity contribution < 1.29 is 126 Å². The van der Waals surface area contributed by atoms with Crippen LogP contribution in [0, 0.1) is 17.5 Å². The van der Waals surface area contributed by atoms with E-state index in [4.69, 9.17) is 21.8 Å². The topological polar surface area (TPSA) is 268 Å². The van der Waals surface area contributed by atoms with Gasteiger partial charge in [0.15, 0.2) is 27.5 Å². The Morgan fingerprint density at radius 3 is 1.17 bits per heavy atom. The van der Waals surface area contributed by atoms with Crippen LogP contribution < -0.4 is 5.32 Å². The van der Waals surface area contributed by atoms with Gasteiger partial charge in [0, 0.05) is 149 Å². The normalized spacial score (nSPS) is 15.2. The van der Waals surface area contributed by atoms with Crippen LogP contribution >= 0.6 is 79.6 Å². The summed E-state index contributed by atoms with van der Waals surface area (Å²) in [5, 5.41) is 24.7. The SMILES string of the molecule is O=C(Cl)c1sc2cc(C(F)(F)F)ccc2c1F.O=C(O)c1cc2ccc(C(F)(F)F)cc2s1.O=C(O)c1sc2cc(C(F)(F)F)ccc2c1F.O=C(c1nccs1)N1CCN(C2CN(C(=O)c3sc4cc(C(F)(F)F)ccc4c3F)C2)CC1.O=C(c1nccs1)N1CCN(C2CNC2)CC1.O=S(=O)(c1ccccc1)N(F)S(=O)(=O)c1ccccc1. The number of benzene rings is 6. The first-order valence-corrected chi connectivity index (χ1v) is 42.8. The number of hydrogen-bond acceptors (Lipinski definition) is 21. The Hall–Kier alpha value is -9.65. The molecular formula is C74H56ClF16N9O12S8. The maximum Gasteiger partial charge on any atom is 0.416 e. The summed E-state index contributed by atoms with van der Waals surface area (Å²) in [6.07, 6.45) is -14.7. The third-order valence-corrected chi connectivity index (χ3v) is 28.3. The van der Waals surface area contributed by atoms with E-state index in [1.54, 1.807) is 22.7 Å². The molecule has 4 aliphatic heterocycles. The van der Waals surface area contributed by atoms with Crippen molar-refractivity contribution in [1.29, 1.82) is 0 Å². The highest BCUT2D eigenvalue weighted by molar-refractivity contribution is 8.03. The molecule has 4 fully saturated rings. The fraction of sp³-hybridized carbons (Fsp3) is 0.243. The zero-order valence-corrected chi connectivity index (χ0v) is 67.8. The van der Waals surface area contributed by atoms with Gasteiger partial charge in [0.2, 0.25) is 0 Å². The van der Waals surface area contributed by atoms with Crippen LogP contribution in [0.25, 0.3) is 40.3 Å². The van der Waals surface area contributed by atoms with Crippen molar-refractivity contribution in [3.63, 3.8) is 0 Å². The van der Waals surface area contributed by atoms with Crippen molar-refractivity contribution in [2.24, 2.45) is 0 Å². The zero-order valence-electron chi connectivity index (χ0n) is 60.5. The van der Waals surface area contributed by atoms with Gasteiger partial charge in [-0.25, -0.2) is 49.6 Å². The molecule has 21 nitrogen and oxygen atoms in total. The van der Waals surface area contributed by atoms with E-state index >= 15 is 0 Å². The van der Waals surface area contributed by atoms with Crippen molar-refractivity contribution in [3.8, 4) is 0 Å². The molecular weight excluding hydrogens is 1800 g/mol. The lowest BCUT2D eigenvalue weighted by Crippen LogP contribution is -2.64. The lowest BCUT2D eigenvalue weighted by atomic mass is 10.1. The predicted octanol–water partition coefficient (Wildman–Crippen LogP) is 17.4. The number of sulfonamides is 2. The molecule has 6 aromatic carbocycles. The number of amides is 3. The average molecular weight is 1860 g/mol. The molecule has 6 aromatic heterocycles. The Morgan fingerprint density at radius 2 is 0.808 bits per heavy atom. The number of nitrogens with zero attached hydrogens (tertiary/aromatic N) is 8. The van der Waals surface area contributed by atoms with Gasteiger partial charge in [0.25, 0.3) is 43.0 Å². The smallest absolute Gasteiger partial charge is 0.416 e. The molecule has 0 spiro atoms. The molecule has 3 amide bonds. The molecule has 46 heteroatoms. The van der Waals surface area contributed by atoms with Gasteiger partial charge in [-0.15, -0.1) is 72.5 Å². The number of likely N-dealkylation sites (tertiary alicyclic amines) is 1. The Bertz CT molecular complexity index is 5800. The first kappa shape index (κ1) is 91.1. The Morgan fingerprint density at radius 1 is 0.442 bits per heavy atom. The molecule has 3 N–H and O–H groups in total. The molecule has 4 aliphatic rings. The Labute approximate surface area is 697 Å². The number of carbonyl (C=O) groups is 6. The van der Waals surface area contributed by atoms with Crippen LogP contribution in [-0.4, -0.2) is 191 Å². The van der Waals surface area contributed by atoms with Crippen LogP contribution in [-0.2, 0) is 44.8 Å². The second-order valence-corrected chi connectivity index (χ2v) is 36.0. The predicted molar refractivity (Wildman–Crippen MR) is 417 cm³/mol. The standard InChI is InChI=1S/C21H18F4N4O2S2.C12H10FNO4S2.C11H16N4OS.C10H3ClF4OS.C10H4F4O2S.C10H5F3O2S/c22-16-14-2-1-12(21(23,24)25)9-15(14)33-17(16)19(30)29-10-13(11-29)27-4-6-28(7-5-27)20(31)18-26-3-8-32-18;13-14(19(15,16)11-7-3-1-4-8-11)20(17,18)12-9-5-2-6-10-12;16-11(10-13-1-6-17-10)15-4-2-14(3-5-15)9-7-12-8-9;11-9(16)8-7(12)5-2-1-4(10(13,14)15)3-6(5)17-8;11-7-5-2-1-4(10(12,13)14)3-6(5)17-8(7)9(15)16;11-10(12,13)6-2-1-5-3-8(9(14)15)16-7(5)4-6/h1-3,8-9,13H,4-7,10-11H2;1-10H;1,6,9,12H,2-5,7-8H2;1-3H;1-3H,(H,15,16);1-4H,(H,14,15). The molecule has 10 heterocycles. The largest absolute Gasteiger partial charge is 0.477 e. The molecule has 0 atom stereocenters. The summed E-state index contributed by atoms with van der Waals surface area (Å²) >= 11 is 10.5. The van der Waals surface area contributed by atoms with E-state index in [2.05, 4.69) is 25.1 Å². The van der Waals surface area contributed by atoms with Crippen molar-refractivity contribution in [3.05, 3.63) is 232 Å². The number of rotatable bonds is 12. The summed E-state index contributed by atoms with van der Waals surface area (Å²) in [5.41, 5.74) is -3.45. The van der Waals surface area contributed by atoms with Crippen LogP contribution in [0.3, 0.4) is 0 Å². The number of piperazine rings is 2. The molecule has 0 aliphatic carbocycles. The fourth-order valence-electron chi connectivity index (χ4n) is 12.0. The minimum Gasteiger partial charge on any atom is -0.477 e. The quantitative estimate of drug-likeness (QED) is 0.0583. The number of halogens is 17. The van der Waals surface area contributed by atoms with Gasteiger partial charge in [0.05, 0.1) is 36.0 Å². The third kappa shape index (κ3) is 21.3. The van der Waals surface area contributed by atoms with Gasteiger partial charge in [-0.3, -0.25) is 29.0 Å². The number of nitrogens with one attached hydrogen (secondary N) is 1. The lowest BCUT2D eigenvalue weighted by molar-refractivity contribution is -0.138. The van der Waals surface area contributed by atoms with E-state index in [0.29, 0.717) is 88.1 Å². The van der Waals surface area contributed by atoms with Crippen molar-refractivity contribution in [1.82, 2.24) is 43.7 Å². The molecule has 0 bridgehead atoms. The number of carbonyl (C=O) groups excluding carboxylic acids is 4. The Balaban J connectivity index is 0.000000144. The molecule has 636 valence electrons. The van der Waals surface area contributed by atoms with Crippen molar-refractivity contribution in [2.45, 2.75) is 46.6 Å². The number of thiophene rings is 4. The van der Waals surface area contributed by atoms with E-state index in [0.717, 1.165) is 153 Å². The summed E-state index contributed by atoms with van der Waals surface area (Å²) in [4.78, 5) is 85.4. The summed E-state index contributed by atoms with van der Waals surface area (Å²) in [6.45, 7) is 9.13. The van der Waals surface area contributed by atoms with Crippen LogP contribution in [0.1, 0.15) is 80.5 Å². The van der Waals surface area contributed by atoms with Gasteiger partial charge < -0.3 is 30.2 Å². The number of alkyl halides is 12. The number of aromatic nitrogens is 2. The summed E-state index contributed by atoms with van der Waals surface area (Å²) < 4.78 is 253.